The second-order valence-electron chi connectivity index (χ2n) is 17.1. The number of aromatic nitrogens is 5. The molecule has 0 aliphatic rings. The molecule has 0 spiro atoms. The van der Waals surface area contributed by atoms with Gasteiger partial charge in [-0.25, -0.2) is 0 Å². The largest absolute Gasteiger partial charge is 0.278 e. The Hall–Kier alpha value is -8.23. The van der Waals surface area contributed by atoms with E-state index in [2.05, 4.69) is 209 Å². The molecule has 0 N–H and O–H groups in total. The lowest BCUT2D eigenvalue weighted by atomic mass is 9.92. The van der Waals surface area contributed by atoms with Gasteiger partial charge in [0.15, 0.2) is 5.82 Å². The second kappa shape index (κ2) is 13.6. The Morgan fingerprint density at radius 1 is 0.288 bits per heavy atom. The fraction of sp³-hybridized carbons (Fsp3) is 0. The molecule has 0 unspecified atom stereocenters. The van der Waals surface area contributed by atoms with Crippen LogP contribution in [0.3, 0.4) is 0 Å². The zero-order chi connectivity index (χ0) is 43.0. The summed E-state index contributed by atoms with van der Waals surface area (Å²) in [5.41, 5.74) is 7.53. The maximum Gasteiger partial charge on any atom is 0.240 e. The second-order valence-corrected chi connectivity index (χ2v) is 19.2. The summed E-state index contributed by atoms with van der Waals surface area (Å²) in [5, 5.41) is 14.5. The Labute approximate surface area is 384 Å². The predicted molar refractivity (Wildman–Crippen MR) is 280 cm³/mol. The number of fused-ring (bicyclic) bond motifs is 16. The van der Waals surface area contributed by atoms with Crippen molar-refractivity contribution in [3.05, 3.63) is 200 Å². The number of benzene rings is 10. The van der Waals surface area contributed by atoms with E-state index in [0.29, 0.717) is 17.7 Å². The molecule has 0 saturated heterocycles. The molecular weight excluding hydrogens is 843 g/mol. The van der Waals surface area contributed by atoms with Crippen LogP contribution < -0.4 is 0 Å². The van der Waals surface area contributed by atoms with E-state index in [1.165, 1.54) is 83.8 Å². The molecular formula is C59H33N5S2. The summed E-state index contributed by atoms with van der Waals surface area (Å²) in [6.07, 6.45) is 0. The van der Waals surface area contributed by atoms with Gasteiger partial charge in [-0.1, -0.05) is 158 Å². The fourth-order valence-electron chi connectivity index (χ4n) is 10.8. The van der Waals surface area contributed by atoms with Crippen LogP contribution in [0.1, 0.15) is 0 Å². The first-order valence-electron chi connectivity index (χ1n) is 22.2. The van der Waals surface area contributed by atoms with Crippen molar-refractivity contribution >= 4 is 128 Å². The van der Waals surface area contributed by atoms with Gasteiger partial charge in [-0.3, -0.25) is 9.13 Å². The standard InChI is InChI=1S/C59H33N5S2/c1-2-16-35-34(14-1)15-13-23-36(35)39-28-29-44(38-18-4-3-17-37(38)39)57-60-58(63-47-24-9-5-21-45(47)53-49(63)32-30-42-40-19-7-11-26-51(40)65-55(42)53)62-59(61-57)64-48-25-10-6-22-46(48)54-50(64)33-31-43-41-20-8-12-27-52(41)66-56(43)54/h1-33H. The first kappa shape index (κ1) is 36.1. The van der Waals surface area contributed by atoms with Crippen LogP contribution in [0.4, 0.5) is 0 Å². The van der Waals surface area contributed by atoms with Gasteiger partial charge in [-0.15, -0.1) is 22.7 Å². The molecule has 7 heteroatoms. The van der Waals surface area contributed by atoms with Crippen LogP contribution in [0.25, 0.3) is 140 Å². The van der Waals surface area contributed by atoms with E-state index in [1.54, 1.807) is 0 Å². The first-order chi connectivity index (χ1) is 32.7. The van der Waals surface area contributed by atoms with Crippen molar-refractivity contribution < 1.29 is 0 Å². The van der Waals surface area contributed by atoms with Gasteiger partial charge in [-0.05, 0) is 75.1 Å². The normalized spacial score (nSPS) is 12.2. The summed E-state index contributed by atoms with van der Waals surface area (Å²) < 4.78 is 9.60. The Kier molecular flexibility index (Phi) is 7.47. The van der Waals surface area contributed by atoms with Gasteiger partial charge in [0.2, 0.25) is 11.9 Å². The molecule has 0 amide bonds. The van der Waals surface area contributed by atoms with Crippen LogP contribution in [0.2, 0.25) is 0 Å². The maximum atomic E-state index is 5.58. The van der Waals surface area contributed by atoms with Crippen molar-refractivity contribution in [2.45, 2.75) is 0 Å². The molecule has 0 saturated carbocycles. The molecule has 5 aromatic heterocycles. The molecule has 0 atom stereocenters. The van der Waals surface area contributed by atoms with Crippen molar-refractivity contribution in [1.29, 1.82) is 0 Å². The molecule has 10 aromatic carbocycles. The van der Waals surface area contributed by atoms with Crippen molar-refractivity contribution in [3.8, 4) is 34.4 Å². The highest BCUT2D eigenvalue weighted by molar-refractivity contribution is 7.27. The number of para-hydroxylation sites is 2. The average Bonchev–Trinajstić information content (AvgIpc) is 4.13. The Morgan fingerprint density at radius 2 is 0.727 bits per heavy atom. The molecule has 306 valence electrons. The number of rotatable bonds is 4. The number of hydrogen-bond donors (Lipinski definition) is 0. The molecule has 15 rings (SSSR count). The minimum absolute atomic E-state index is 0.567. The molecule has 0 aliphatic heterocycles. The average molecular weight is 876 g/mol. The lowest BCUT2D eigenvalue weighted by molar-refractivity contribution is 0.893. The zero-order valence-corrected chi connectivity index (χ0v) is 36.7. The molecule has 0 aliphatic carbocycles. The Bertz CT molecular complexity index is 4340. The molecule has 0 bridgehead atoms. The third kappa shape index (κ3) is 5.01. The first-order valence-corrected chi connectivity index (χ1v) is 23.8. The van der Waals surface area contributed by atoms with E-state index in [-0.39, 0.29) is 0 Å². The van der Waals surface area contributed by atoms with Crippen molar-refractivity contribution in [1.82, 2.24) is 24.1 Å². The van der Waals surface area contributed by atoms with E-state index in [1.807, 2.05) is 22.7 Å². The van der Waals surface area contributed by atoms with Crippen LogP contribution in [-0.4, -0.2) is 24.1 Å². The maximum absolute atomic E-state index is 5.58. The van der Waals surface area contributed by atoms with Crippen LogP contribution in [0, 0.1) is 0 Å². The van der Waals surface area contributed by atoms with Crippen molar-refractivity contribution in [2.24, 2.45) is 0 Å². The molecule has 66 heavy (non-hydrogen) atoms. The third-order valence-electron chi connectivity index (χ3n) is 13.6. The smallest absolute Gasteiger partial charge is 0.240 e. The summed E-state index contributed by atoms with van der Waals surface area (Å²) in [6.45, 7) is 0. The molecule has 0 radical (unpaired) electrons. The summed E-state index contributed by atoms with van der Waals surface area (Å²) >= 11 is 3.71. The highest BCUT2D eigenvalue weighted by atomic mass is 32.1. The topological polar surface area (TPSA) is 48.5 Å². The number of nitrogens with zero attached hydrogens (tertiary/aromatic N) is 5. The highest BCUT2D eigenvalue weighted by Gasteiger charge is 2.24. The summed E-state index contributed by atoms with van der Waals surface area (Å²) in [4.78, 5) is 16.7. The Balaban J connectivity index is 1.06. The fourth-order valence-corrected chi connectivity index (χ4v) is 13.3. The third-order valence-corrected chi connectivity index (χ3v) is 16.0. The van der Waals surface area contributed by atoms with E-state index >= 15 is 0 Å². The van der Waals surface area contributed by atoms with Crippen LogP contribution in [0.5, 0.6) is 0 Å². The highest BCUT2D eigenvalue weighted by Crippen LogP contribution is 2.46. The number of hydrogen-bond acceptors (Lipinski definition) is 5. The molecule has 5 heterocycles. The van der Waals surface area contributed by atoms with Gasteiger partial charge in [-0.2, -0.15) is 15.0 Å². The monoisotopic (exact) mass is 875 g/mol. The van der Waals surface area contributed by atoms with E-state index < -0.39 is 0 Å². The van der Waals surface area contributed by atoms with Gasteiger partial charge in [0.05, 0.1) is 22.1 Å². The summed E-state index contributed by atoms with van der Waals surface area (Å²) in [7, 11) is 0. The van der Waals surface area contributed by atoms with E-state index in [9.17, 15) is 0 Å². The molecule has 15 aromatic rings. The van der Waals surface area contributed by atoms with E-state index in [4.69, 9.17) is 15.0 Å². The minimum atomic E-state index is 0.567. The van der Waals surface area contributed by atoms with Crippen molar-refractivity contribution in [2.75, 3.05) is 0 Å². The van der Waals surface area contributed by atoms with Crippen molar-refractivity contribution in [3.63, 3.8) is 0 Å². The lowest BCUT2D eigenvalue weighted by Gasteiger charge is -2.15. The molecule has 5 nitrogen and oxygen atoms in total. The van der Waals surface area contributed by atoms with Crippen LogP contribution >= 0.6 is 22.7 Å². The van der Waals surface area contributed by atoms with Gasteiger partial charge in [0.1, 0.15) is 0 Å². The van der Waals surface area contributed by atoms with Gasteiger partial charge in [0.25, 0.3) is 0 Å². The summed E-state index contributed by atoms with van der Waals surface area (Å²) in [5.74, 6) is 1.74. The predicted octanol–water partition coefficient (Wildman–Crippen LogP) is 16.4. The quantitative estimate of drug-likeness (QED) is 0.177. The van der Waals surface area contributed by atoms with Gasteiger partial charge >= 0.3 is 0 Å². The number of thiophene rings is 2. The van der Waals surface area contributed by atoms with Crippen LogP contribution in [-0.2, 0) is 0 Å². The Morgan fingerprint density at radius 3 is 1.32 bits per heavy atom. The SMILES string of the molecule is c1ccc2c(-c3ccc(-c4nc(-n5c6ccccc6c6c7sc8ccccc8c7ccc65)nc(-n5c6ccccc6c6c7sc8ccccc8c7ccc65)n4)c4ccccc34)cccc2c1. The lowest BCUT2D eigenvalue weighted by Crippen LogP contribution is -2.10. The van der Waals surface area contributed by atoms with Gasteiger partial charge in [0, 0.05) is 67.5 Å². The van der Waals surface area contributed by atoms with Gasteiger partial charge < -0.3 is 0 Å². The summed E-state index contributed by atoms with van der Waals surface area (Å²) in [6, 6.07) is 72.2. The zero-order valence-electron chi connectivity index (χ0n) is 35.1. The van der Waals surface area contributed by atoms with E-state index in [0.717, 1.165) is 38.4 Å². The van der Waals surface area contributed by atoms with Crippen LogP contribution in [0.15, 0.2) is 200 Å². The molecule has 0 fully saturated rings. The minimum Gasteiger partial charge on any atom is -0.278 e.